The molecule has 0 fully saturated rings. The van der Waals surface area contributed by atoms with Crippen molar-refractivity contribution in [3.63, 3.8) is 0 Å². The van der Waals surface area contributed by atoms with Crippen LogP contribution in [-0.2, 0) is 11.3 Å². The first-order valence-corrected chi connectivity index (χ1v) is 5.87. The summed E-state index contributed by atoms with van der Waals surface area (Å²) in [6, 6.07) is 10.4. The summed E-state index contributed by atoms with van der Waals surface area (Å²) in [6.45, 7) is 3.78. The lowest BCUT2D eigenvalue weighted by atomic mass is 10.1. The Labute approximate surface area is 102 Å². The number of pyridine rings is 1. The molecule has 1 atom stereocenters. The monoisotopic (exact) mass is 230 g/mol. The Kier molecular flexibility index (Phi) is 4.07. The quantitative estimate of drug-likeness (QED) is 0.856. The predicted octanol–water partition coefficient (Wildman–Crippen LogP) is 2.36. The minimum atomic E-state index is 0.247. The average molecular weight is 230 g/mol. The molecule has 1 heterocycles. The zero-order valence-corrected chi connectivity index (χ0v) is 10.3. The van der Waals surface area contributed by atoms with Crippen LogP contribution < -0.4 is 5.32 Å². The number of rotatable bonds is 5. The van der Waals surface area contributed by atoms with Gasteiger partial charge < -0.3 is 10.1 Å². The molecule has 0 radical (unpaired) electrons. The highest BCUT2D eigenvalue weighted by Crippen LogP contribution is 2.12. The van der Waals surface area contributed by atoms with Crippen LogP contribution in [0.2, 0.25) is 0 Å². The first kappa shape index (κ1) is 12.0. The van der Waals surface area contributed by atoms with Crippen molar-refractivity contribution < 1.29 is 4.74 Å². The number of methoxy groups -OCH3 is 1. The lowest BCUT2D eigenvalue weighted by Gasteiger charge is -2.10. The van der Waals surface area contributed by atoms with Gasteiger partial charge in [-0.3, -0.25) is 4.98 Å². The number of nitrogens with one attached hydrogen (secondary N) is 1. The van der Waals surface area contributed by atoms with Gasteiger partial charge in [0.2, 0.25) is 0 Å². The normalized spacial score (nSPS) is 12.8. The third-order valence-electron chi connectivity index (χ3n) is 2.83. The summed E-state index contributed by atoms with van der Waals surface area (Å²) in [4.78, 5) is 4.30. The second kappa shape index (κ2) is 5.75. The van der Waals surface area contributed by atoms with Gasteiger partial charge in [-0.05, 0) is 30.7 Å². The third kappa shape index (κ3) is 3.25. The molecule has 0 aliphatic heterocycles. The standard InChI is InChI=1S/C14H18N2O/c1-11(17-2)9-15-10-12-5-6-14-13(8-12)4-3-7-16-14/h3-8,11,15H,9-10H2,1-2H3. The van der Waals surface area contributed by atoms with Crippen LogP contribution in [-0.4, -0.2) is 24.7 Å². The molecule has 2 rings (SSSR count). The third-order valence-corrected chi connectivity index (χ3v) is 2.83. The number of fused-ring (bicyclic) bond motifs is 1. The van der Waals surface area contributed by atoms with Crippen LogP contribution in [0, 0.1) is 0 Å². The largest absolute Gasteiger partial charge is 0.380 e. The fraction of sp³-hybridized carbons (Fsp3) is 0.357. The van der Waals surface area contributed by atoms with Crippen molar-refractivity contribution in [1.29, 1.82) is 0 Å². The molecular weight excluding hydrogens is 212 g/mol. The fourth-order valence-electron chi connectivity index (χ4n) is 1.74. The molecule has 1 unspecified atom stereocenters. The van der Waals surface area contributed by atoms with Gasteiger partial charge in [0.05, 0.1) is 11.6 Å². The van der Waals surface area contributed by atoms with E-state index in [0.717, 1.165) is 18.6 Å². The highest BCUT2D eigenvalue weighted by Gasteiger charge is 2.00. The van der Waals surface area contributed by atoms with Crippen molar-refractivity contribution in [3.05, 3.63) is 42.1 Å². The second-order valence-electron chi connectivity index (χ2n) is 4.21. The van der Waals surface area contributed by atoms with E-state index in [0.29, 0.717) is 0 Å². The lowest BCUT2D eigenvalue weighted by molar-refractivity contribution is 0.117. The van der Waals surface area contributed by atoms with Gasteiger partial charge >= 0.3 is 0 Å². The Balaban J connectivity index is 1.99. The Bertz CT molecular complexity index is 484. The Morgan fingerprint density at radius 2 is 2.24 bits per heavy atom. The molecule has 17 heavy (non-hydrogen) atoms. The van der Waals surface area contributed by atoms with E-state index in [1.165, 1.54) is 10.9 Å². The van der Waals surface area contributed by atoms with E-state index in [-0.39, 0.29) is 6.10 Å². The zero-order chi connectivity index (χ0) is 12.1. The Morgan fingerprint density at radius 1 is 1.35 bits per heavy atom. The average Bonchev–Trinajstić information content (AvgIpc) is 2.38. The van der Waals surface area contributed by atoms with Crippen LogP contribution in [0.1, 0.15) is 12.5 Å². The highest BCUT2D eigenvalue weighted by molar-refractivity contribution is 5.78. The molecule has 90 valence electrons. The van der Waals surface area contributed by atoms with Crippen molar-refractivity contribution >= 4 is 10.9 Å². The van der Waals surface area contributed by atoms with E-state index in [9.17, 15) is 0 Å². The van der Waals surface area contributed by atoms with Gasteiger partial charge in [0.1, 0.15) is 0 Å². The minimum absolute atomic E-state index is 0.247. The van der Waals surface area contributed by atoms with Gasteiger partial charge in [0.25, 0.3) is 0 Å². The van der Waals surface area contributed by atoms with Crippen LogP contribution >= 0.6 is 0 Å². The Morgan fingerprint density at radius 3 is 3.06 bits per heavy atom. The van der Waals surface area contributed by atoms with Crippen LogP contribution in [0.15, 0.2) is 36.5 Å². The zero-order valence-electron chi connectivity index (χ0n) is 10.3. The number of aromatic nitrogens is 1. The first-order valence-electron chi connectivity index (χ1n) is 5.87. The molecule has 3 nitrogen and oxygen atoms in total. The fourth-order valence-corrected chi connectivity index (χ4v) is 1.74. The summed E-state index contributed by atoms with van der Waals surface area (Å²) in [5.41, 5.74) is 2.32. The highest BCUT2D eigenvalue weighted by atomic mass is 16.5. The smallest absolute Gasteiger partial charge is 0.0702 e. The summed E-state index contributed by atoms with van der Waals surface area (Å²) < 4.78 is 5.19. The molecule has 1 aromatic carbocycles. The molecule has 1 aromatic heterocycles. The molecule has 0 bridgehead atoms. The summed E-state index contributed by atoms with van der Waals surface area (Å²) in [7, 11) is 1.73. The molecule has 0 spiro atoms. The number of nitrogens with zero attached hydrogens (tertiary/aromatic N) is 1. The Hall–Kier alpha value is -1.45. The van der Waals surface area contributed by atoms with Gasteiger partial charge in [-0.2, -0.15) is 0 Å². The van der Waals surface area contributed by atoms with E-state index in [1.54, 1.807) is 7.11 Å². The predicted molar refractivity (Wildman–Crippen MR) is 69.9 cm³/mol. The molecule has 0 amide bonds. The van der Waals surface area contributed by atoms with Gasteiger partial charge in [0.15, 0.2) is 0 Å². The van der Waals surface area contributed by atoms with Crippen LogP contribution in [0.4, 0.5) is 0 Å². The first-order chi connectivity index (χ1) is 8.29. The summed E-state index contributed by atoms with van der Waals surface area (Å²) in [5.74, 6) is 0. The molecule has 3 heteroatoms. The molecule has 0 aliphatic carbocycles. The van der Waals surface area contributed by atoms with Crippen molar-refractivity contribution in [1.82, 2.24) is 10.3 Å². The topological polar surface area (TPSA) is 34.1 Å². The van der Waals surface area contributed by atoms with Crippen LogP contribution in [0.25, 0.3) is 10.9 Å². The number of hydrogen-bond acceptors (Lipinski definition) is 3. The SMILES string of the molecule is COC(C)CNCc1ccc2ncccc2c1. The maximum Gasteiger partial charge on any atom is 0.0702 e. The summed E-state index contributed by atoms with van der Waals surface area (Å²) in [6.07, 6.45) is 2.07. The molecule has 0 aliphatic rings. The summed E-state index contributed by atoms with van der Waals surface area (Å²) in [5, 5.41) is 4.56. The second-order valence-corrected chi connectivity index (χ2v) is 4.21. The lowest BCUT2D eigenvalue weighted by Crippen LogP contribution is -2.25. The molecular formula is C14H18N2O. The van der Waals surface area contributed by atoms with Gasteiger partial charge in [-0.1, -0.05) is 12.1 Å². The number of benzene rings is 1. The molecule has 2 aromatic rings. The molecule has 0 saturated carbocycles. The maximum atomic E-state index is 5.19. The van der Waals surface area contributed by atoms with E-state index in [4.69, 9.17) is 4.74 Å². The van der Waals surface area contributed by atoms with Gasteiger partial charge in [-0.15, -0.1) is 0 Å². The summed E-state index contributed by atoms with van der Waals surface area (Å²) >= 11 is 0. The van der Waals surface area contributed by atoms with E-state index in [1.807, 2.05) is 12.3 Å². The van der Waals surface area contributed by atoms with Gasteiger partial charge in [-0.25, -0.2) is 0 Å². The van der Waals surface area contributed by atoms with Crippen LogP contribution in [0.5, 0.6) is 0 Å². The molecule has 0 saturated heterocycles. The number of ether oxygens (including phenoxy) is 1. The van der Waals surface area contributed by atoms with E-state index >= 15 is 0 Å². The minimum Gasteiger partial charge on any atom is -0.380 e. The molecule has 1 N–H and O–H groups in total. The number of hydrogen-bond donors (Lipinski definition) is 1. The van der Waals surface area contributed by atoms with E-state index in [2.05, 4.69) is 41.5 Å². The van der Waals surface area contributed by atoms with Crippen molar-refractivity contribution in [2.24, 2.45) is 0 Å². The van der Waals surface area contributed by atoms with Crippen molar-refractivity contribution in [3.8, 4) is 0 Å². The maximum absolute atomic E-state index is 5.19. The van der Waals surface area contributed by atoms with E-state index < -0.39 is 0 Å². The van der Waals surface area contributed by atoms with Crippen molar-refractivity contribution in [2.75, 3.05) is 13.7 Å². The van der Waals surface area contributed by atoms with Gasteiger partial charge in [0, 0.05) is 31.8 Å². The van der Waals surface area contributed by atoms with Crippen molar-refractivity contribution in [2.45, 2.75) is 19.6 Å². The van der Waals surface area contributed by atoms with Crippen LogP contribution in [0.3, 0.4) is 0 Å².